The van der Waals surface area contributed by atoms with E-state index in [0.29, 0.717) is 0 Å². The number of anilines is 2. The van der Waals surface area contributed by atoms with Gasteiger partial charge in [-0.2, -0.15) is 0 Å². The normalized spacial score (nSPS) is 10.9. The quantitative estimate of drug-likeness (QED) is 0.277. The zero-order chi connectivity index (χ0) is 23.5. The maximum Gasteiger partial charge on any atom is 0.0384 e. The van der Waals surface area contributed by atoms with E-state index in [-0.39, 0.29) is 0 Å². The fraction of sp³-hybridized carbons (Fsp3) is 0. The van der Waals surface area contributed by atoms with Crippen LogP contribution >= 0.6 is 0 Å². The molecule has 0 aliphatic carbocycles. The summed E-state index contributed by atoms with van der Waals surface area (Å²) in [6, 6.07) is 51.5. The Kier molecular flexibility index (Phi) is 5.58. The van der Waals surface area contributed by atoms with E-state index < -0.39 is 0 Å². The van der Waals surface area contributed by atoms with Gasteiger partial charge in [-0.25, -0.2) is 0 Å². The van der Waals surface area contributed by atoms with Crippen LogP contribution in [0.5, 0.6) is 0 Å². The zero-order valence-corrected chi connectivity index (χ0v) is 19.4. The van der Waals surface area contributed by atoms with Crippen LogP contribution < -0.4 is 5.32 Å². The van der Waals surface area contributed by atoms with Gasteiger partial charge < -0.3 is 5.32 Å². The molecule has 1 heteroatoms. The molecule has 1 nitrogen and oxygen atoms in total. The molecule has 6 rings (SSSR count). The highest BCUT2D eigenvalue weighted by atomic mass is 14.9. The zero-order valence-electron chi connectivity index (χ0n) is 19.4. The Morgan fingerprint density at radius 3 is 1.51 bits per heavy atom. The van der Waals surface area contributed by atoms with Crippen molar-refractivity contribution in [1.29, 1.82) is 0 Å². The molecule has 166 valence electrons. The van der Waals surface area contributed by atoms with Crippen molar-refractivity contribution in [3.63, 3.8) is 0 Å². The van der Waals surface area contributed by atoms with E-state index in [0.717, 1.165) is 11.4 Å². The predicted molar refractivity (Wildman–Crippen MR) is 150 cm³/mol. The van der Waals surface area contributed by atoms with E-state index in [9.17, 15) is 0 Å². The lowest BCUT2D eigenvalue weighted by Crippen LogP contribution is -1.91. The molecule has 0 saturated heterocycles. The second kappa shape index (κ2) is 9.32. The largest absolute Gasteiger partial charge is 0.356 e. The van der Waals surface area contributed by atoms with E-state index in [2.05, 4.69) is 145 Å². The summed E-state index contributed by atoms with van der Waals surface area (Å²) in [6.45, 7) is 0. The fourth-order valence-corrected chi connectivity index (χ4v) is 4.70. The third kappa shape index (κ3) is 4.32. The Balaban J connectivity index is 1.32. The lowest BCUT2D eigenvalue weighted by Gasteiger charge is -2.15. The smallest absolute Gasteiger partial charge is 0.0384 e. The summed E-state index contributed by atoms with van der Waals surface area (Å²) in [5.41, 5.74) is 9.56. The summed E-state index contributed by atoms with van der Waals surface area (Å²) in [7, 11) is 0. The van der Waals surface area contributed by atoms with Crippen LogP contribution in [0.15, 0.2) is 146 Å². The van der Waals surface area contributed by atoms with Gasteiger partial charge >= 0.3 is 0 Å². The molecule has 0 aromatic heterocycles. The Bertz CT molecular complexity index is 1570. The molecule has 0 aliphatic heterocycles. The topological polar surface area (TPSA) is 12.0 Å². The summed E-state index contributed by atoms with van der Waals surface area (Å²) in [5, 5.41) is 6.07. The lowest BCUT2D eigenvalue weighted by molar-refractivity contribution is 1.53. The summed E-state index contributed by atoms with van der Waals surface area (Å²) in [5.74, 6) is 0. The number of benzene rings is 6. The van der Waals surface area contributed by atoms with Crippen LogP contribution in [-0.2, 0) is 0 Å². The minimum Gasteiger partial charge on any atom is -0.356 e. The standard InChI is InChI=1S/C34H25N/c1-3-9-25(10-4-1)26-15-20-30(21-16-26)35-31-22-17-29(18-23-31)34-32-14-8-7-13-28(32)19-24-33(34)27-11-5-2-6-12-27/h1-24,35H. The van der Waals surface area contributed by atoms with Gasteiger partial charge in [0.1, 0.15) is 0 Å². The van der Waals surface area contributed by atoms with Gasteiger partial charge in [0.05, 0.1) is 0 Å². The Morgan fingerprint density at radius 2 is 0.857 bits per heavy atom. The van der Waals surface area contributed by atoms with Crippen molar-refractivity contribution in [3.05, 3.63) is 146 Å². The Morgan fingerprint density at radius 1 is 0.343 bits per heavy atom. The summed E-state index contributed by atoms with van der Waals surface area (Å²) in [6.07, 6.45) is 0. The van der Waals surface area contributed by atoms with Crippen molar-refractivity contribution >= 4 is 22.1 Å². The predicted octanol–water partition coefficient (Wildman–Crippen LogP) is 9.58. The molecule has 0 atom stereocenters. The molecule has 0 bridgehead atoms. The van der Waals surface area contributed by atoms with E-state index in [1.54, 1.807) is 0 Å². The third-order valence-corrected chi connectivity index (χ3v) is 6.47. The molecule has 35 heavy (non-hydrogen) atoms. The van der Waals surface area contributed by atoms with Crippen LogP contribution in [0, 0.1) is 0 Å². The molecule has 0 radical (unpaired) electrons. The first-order chi connectivity index (χ1) is 17.3. The van der Waals surface area contributed by atoms with Crippen molar-refractivity contribution in [2.75, 3.05) is 5.32 Å². The van der Waals surface area contributed by atoms with Crippen LogP contribution in [0.4, 0.5) is 11.4 Å². The molecule has 0 unspecified atom stereocenters. The molecule has 0 spiro atoms. The second-order valence-electron chi connectivity index (χ2n) is 8.72. The van der Waals surface area contributed by atoms with Gasteiger partial charge in [0.15, 0.2) is 0 Å². The Labute approximate surface area is 206 Å². The number of hydrogen-bond donors (Lipinski definition) is 1. The first kappa shape index (κ1) is 20.9. The minimum absolute atomic E-state index is 1.07. The van der Waals surface area contributed by atoms with Crippen LogP contribution in [0.25, 0.3) is 44.2 Å². The molecular formula is C34H25N. The molecule has 6 aromatic rings. The van der Waals surface area contributed by atoms with Crippen molar-refractivity contribution in [1.82, 2.24) is 0 Å². The number of nitrogens with one attached hydrogen (secondary N) is 1. The van der Waals surface area contributed by atoms with Crippen LogP contribution in [0.3, 0.4) is 0 Å². The van der Waals surface area contributed by atoms with E-state index in [4.69, 9.17) is 0 Å². The SMILES string of the molecule is c1ccc(-c2ccc(Nc3ccc(-c4c(-c5ccccc5)ccc5ccccc45)cc3)cc2)cc1. The number of rotatable bonds is 5. The third-order valence-electron chi connectivity index (χ3n) is 6.47. The molecular weight excluding hydrogens is 422 g/mol. The first-order valence-electron chi connectivity index (χ1n) is 12.0. The van der Waals surface area contributed by atoms with Crippen LogP contribution in [0.2, 0.25) is 0 Å². The highest BCUT2D eigenvalue weighted by Gasteiger charge is 2.12. The molecule has 1 N–H and O–H groups in total. The monoisotopic (exact) mass is 447 g/mol. The van der Waals surface area contributed by atoms with Crippen molar-refractivity contribution in [2.24, 2.45) is 0 Å². The Hall–Kier alpha value is -4.62. The highest BCUT2D eigenvalue weighted by Crippen LogP contribution is 2.38. The van der Waals surface area contributed by atoms with E-state index in [1.807, 2.05) is 6.07 Å². The van der Waals surface area contributed by atoms with Crippen molar-refractivity contribution < 1.29 is 0 Å². The molecule has 0 aliphatic rings. The molecule has 0 amide bonds. The number of hydrogen-bond acceptors (Lipinski definition) is 1. The van der Waals surface area contributed by atoms with Gasteiger partial charge in [-0.05, 0) is 68.4 Å². The van der Waals surface area contributed by atoms with E-state index in [1.165, 1.54) is 44.2 Å². The van der Waals surface area contributed by atoms with Gasteiger partial charge in [0.2, 0.25) is 0 Å². The second-order valence-corrected chi connectivity index (χ2v) is 8.72. The van der Waals surface area contributed by atoms with Crippen molar-refractivity contribution in [2.45, 2.75) is 0 Å². The minimum atomic E-state index is 1.07. The lowest BCUT2D eigenvalue weighted by atomic mass is 9.90. The van der Waals surface area contributed by atoms with Crippen LogP contribution in [-0.4, -0.2) is 0 Å². The summed E-state index contributed by atoms with van der Waals surface area (Å²) < 4.78 is 0. The van der Waals surface area contributed by atoms with Crippen molar-refractivity contribution in [3.8, 4) is 33.4 Å². The summed E-state index contributed by atoms with van der Waals surface area (Å²) in [4.78, 5) is 0. The molecule has 0 fully saturated rings. The van der Waals surface area contributed by atoms with Gasteiger partial charge in [0.25, 0.3) is 0 Å². The average molecular weight is 448 g/mol. The van der Waals surface area contributed by atoms with Gasteiger partial charge in [-0.1, -0.05) is 121 Å². The van der Waals surface area contributed by atoms with Gasteiger partial charge in [-0.3, -0.25) is 0 Å². The maximum atomic E-state index is 3.54. The number of fused-ring (bicyclic) bond motifs is 1. The van der Waals surface area contributed by atoms with Gasteiger partial charge in [-0.15, -0.1) is 0 Å². The average Bonchev–Trinajstić information content (AvgIpc) is 2.94. The molecule has 0 saturated carbocycles. The maximum absolute atomic E-state index is 3.54. The molecule has 0 heterocycles. The fourth-order valence-electron chi connectivity index (χ4n) is 4.70. The first-order valence-corrected chi connectivity index (χ1v) is 12.0. The van der Waals surface area contributed by atoms with Crippen LogP contribution in [0.1, 0.15) is 0 Å². The summed E-state index contributed by atoms with van der Waals surface area (Å²) >= 11 is 0. The van der Waals surface area contributed by atoms with E-state index >= 15 is 0 Å². The molecule has 6 aromatic carbocycles. The highest BCUT2D eigenvalue weighted by molar-refractivity contribution is 6.04. The van der Waals surface area contributed by atoms with Gasteiger partial charge in [0, 0.05) is 11.4 Å².